The Morgan fingerprint density at radius 3 is 2.59 bits per heavy atom. The summed E-state index contributed by atoms with van der Waals surface area (Å²) in [5.41, 5.74) is -2.11. The Morgan fingerprint density at radius 1 is 1.41 bits per heavy atom. The van der Waals surface area contributed by atoms with E-state index in [1.54, 1.807) is 20.8 Å². The molecule has 0 bridgehead atoms. The third kappa shape index (κ3) is 3.27. The molecule has 0 spiro atoms. The summed E-state index contributed by atoms with van der Waals surface area (Å²) in [6, 6.07) is 1.09. The average Bonchev–Trinajstić information content (AvgIpc) is 2.65. The lowest BCUT2D eigenvalue weighted by atomic mass is 10.0. The van der Waals surface area contributed by atoms with Crippen LogP contribution >= 0.6 is 0 Å². The van der Waals surface area contributed by atoms with Gasteiger partial charge in [0, 0.05) is 18.2 Å². The fourth-order valence-electron chi connectivity index (χ4n) is 2.25. The Labute approximate surface area is 126 Å². The second-order valence-electron chi connectivity index (χ2n) is 6.30. The van der Waals surface area contributed by atoms with E-state index in [1.807, 2.05) is 4.98 Å². The van der Waals surface area contributed by atoms with Crippen LogP contribution in [0, 0.1) is 5.92 Å². The molecular formula is C14H19FN2O5. The number of alkyl halides is 1. The first-order chi connectivity index (χ1) is 10.1. The van der Waals surface area contributed by atoms with Gasteiger partial charge in [0.15, 0.2) is 18.5 Å². The maximum Gasteiger partial charge on any atom is 0.336 e. The Morgan fingerprint density at radius 2 is 2.05 bits per heavy atom. The lowest BCUT2D eigenvalue weighted by Crippen LogP contribution is -2.35. The van der Waals surface area contributed by atoms with Gasteiger partial charge in [0.2, 0.25) is 0 Å². The molecule has 1 N–H and O–H groups in total. The number of aromatic nitrogens is 2. The van der Waals surface area contributed by atoms with Crippen LogP contribution in [0.3, 0.4) is 0 Å². The first-order valence-electron chi connectivity index (χ1n) is 6.94. The number of carbonyl (C=O) groups is 1. The Bertz CT molecular complexity index is 675. The summed E-state index contributed by atoms with van der Waals surface area (Å²) >= 11 is 0. The maximum absolute atomic E-state index is 14.4. The topological polar surface area (TPSA) is 90.4 Å². The van der Waals surface area contributed by atoms with Crippen LogP contribution in [0.4, 0.5) is 4.39 Å². The predicted molar refractivity (Wildman–Crippen MR) is 75.1 cm³/mol. The molecule has 4 atom stereocenters. The Hall–Kier alpha value is -1.96. The number of H-pyrrole nitrogens is 1. The number of nitrogens with zero attached hydrogens (tertiary/aromatic N) is 1. The van der Waals surface area contributed by atoms with Gasteiger partial charge >= 0.3 is 11.7 Å². The van der Waals surface area contributed by atoms with Crippen molar-refractivity contribution in [2.24, 2.45) is 5.92 Å². The first-order valence-corrected chi connectivity index (χ1v) is 6.94. The van der Waals surface area contributed by atoms with E-state index in [-0.39, 0.29) is 0 Å². The van der Waals surface area contributed by atoms with Crippen LogP contribution in [-0.4, -0.2) is 33.4 Å². The minimum absolute atomic E-state index is 0.591. The van der Waals surface area contributed by atoms with Crippen LogP contribution in [0.15, 0.2) is 21.9 Å². The van der Waals surface area contributed by atoms with Crippen LogP contribution in [-0.2, 0) is 14.3 Å². The monoisotopic (exact) mass is 314 g/mol. The summed E-state index contributed by atoms with van der Waals surface area (Å²) in [5.74, 6) is -1.46. The molecule has 2 heterocycles. The molecule has 1 unspecified atom stereocenters. The molecule has 0 aromatic carbocycles. The fraction of sp³-hybridized carbons (Fsp3) is 0.643. The van der Waals surface area contributed by atoms with Crippen molar-refractivity contribution in [3.63, 3.8) is 0 Å². The molecule has 0 amide bonds. The molecule has 2 rings (SSSR count). The molecule has 1 saturated heterocycles. The van der Waals surface area contributed by atoms with E-state index in [0.717, 1.165) is 16.8 Å². The van der Waals surface area contributed by atoms with Gasteiger partial charge in [-0.15, -0.1) is 0 Å². The lowest BCUT2D eigenvalue weighted by molar-refractivity contribution is -0.171. The Kier molecular flexibility index (Phi) is 4.23. The molecule has 1 aliphatic rings. The zero-order valence-corrected chi connectivity index (χ0v) is 12.8. The molecule has 1 aromatic rings. The van der Waals surface area contributed by atoms with Crippen LogP contribution in [0.2, 0.25) is 0 Å². The number of nitrogens with one attached hydrogen (secondary N) is 1. The van der Waals surface area contributed by atoms with E-state index < -0.39 is 47.2 Å². The number of aromatic amines is 1. The third-order valence-corrected chi connectivity index (χ3v) is 3.30. The highest BCUT2D eigenvalue weighted by atomic mass is 19.1. The molecule has 8 heteroatoms. The molecule has 7 nitrogen and oxygen atoms in total. The largest absolute Gasteiger partial charge is 0.458 e. The van der Waals surface area contributed by atoms with Gasteiger partial charge in [0.1, 0.15) is 5.60 Å². The summed E-state index contributed by atoms with van der Waals surface area (Å²) in [7, 11) is 0. The van der Waals surface area contributed by atoms with Crippen molar-refractivity contribution in [1.29, 1.82) is 0 Å². The predicted octanol–water partition coefficient (Wildman–Crippen LogP) is 0.750. The second-order valence-corrected chi connectivity index (χ2v) is 6.30. The summed E-state index contributed by atoms with van der Waals surface area (Å²) in [6.07, 6.45) is -2.83. The third-order valence-electron chi connectivity index (χ3n) is 3.30. The van der Waals surface area contributed by atoms with E-state index >= 15 is 0 Å². The highest BCUT2D eigenvalue weighted by Gasteiger charge is 2.48. The standard InChI is InChI=1S/C14H19FN2O5/c1-7-9(15)11(17-6-5-8(18)16-13(17)20)21-10(7)12(19)22-14(2,3)4/h5-7,9-11H,1-4H3,(H,16,18,20)/t7-,9?,10+,11-/m1/s1. The highest BCUT2D eigenvalue weighted by molar-refractivity contribution is 5.76. The van der Waals surface area contributed by atoms with Crippen molar-refractivity contribution in [3.8, 4) is 0 Å². The zero-order valence-electron chi connectivity index (χ0n) is 12.8. The normalized spacial score (nSPS) is 28.6. The van der Waals surface area contributed by atoms with Gasteiger partial charge in [-0.25, -0.2) is 14.0 Å². The van der Waals surface area contributed by atoms with Crippen molar-refractivity contribution in [2.75, 3.05) is 0 Å². The molecule has 22 heavy (non-hydrogen) atoms. The number of esters is 1. The molecule has 0 aliphatic carbocycles. The van der Waals surface area contributed by atoms with Crippen molar-refractivity contribution >= 4 is 5.97 Å². The van der Waals surface area contributed by atoms with E-state index in [1.165, 1.54) is 6.92 Å². The molecule has 1 fully saturated rings. The second kappa shape index (κ2) is 5.68. The lowest BCUT2D eigenvalue weighted by Gasteiger charge is -2.23. The SMILES string of the molecule is C[C@@H]1C(F)[C@H](n2ccc(=O)[nH]c2=O)O[C@@H]1C(=O)OC(C)(C)C. The molecule has 1 aliphatic heterocycles. The van der Waals surface area contributed by atoms with Crippen molar-refractivity contribution in [1.82, 2.24) is 9.55 Å². The van der Waals surface area contributed by atoms with E-state index in [2.05, 4.69) is 0 Å². The number of ether oxygens (including phenoxy) is 2. The van der Waals surface area contributed by atoms with Crippen LogP contribution in [0.1, 0.15) is 33.9 Å². The zero-order chi connectivity index (χ0) is 16.7. The molecule has 122 valence electrons. The van der Waals surface area contributed by atoms with Gasteiger partial charge in [-0.1, -0.05) is 6.92 Å². The summed E-state index contributed by atoms with van der Waals surface area (Å²) in [5, 5.41) is 0. The maximum atomic E-state index is 14.4. The van der Waals surface area contributed by atoms with Gasteiger partial charge in [0.05, 0.1) is 0 Å². The molecule has 1 aromatic heterocycles. The van der Waals surface area contributed by atoms with Gasteiger partial charge < -0.3 is 9.47 Å². The van der Waals surface area contributed by atoms with Gasteiger partial charge in [-0.05, 0) is 20.8 Å². The van der Waals surface area contributed by atoms with Crippen molar-refractivity contribution in [2.45, 2.75) is 51.8 Å². The van der Waals surface area contributed by atoms with E-state index in [9.17, 15) is 18.8 Å². The van der Waals surface area contributed by atoms with Crippen LogP contribution in [0.5, 0.6) is 0 Å². The number of halogens is 1. The number of hydrogen-bond donors (Lipinski definition) is 1. The number of hydrogen-bond acceptors (Lipinski definition) is 5. The minimum Gasteiger partial charge on any atom is -0.458 e. The van der Waals surface area contributed by atoms with Gasteiger partial charge in [-0.3, -0.25) is 14.3 Å². The van der Waals surface area contributed by atoms with Crippen LogP contribution in [0.25, 0.3) is 0 Å². The van der Waals surface area contributed by atoms with E-state index in [4.69, 9.17) is 9.47 Å². The van der Waals surface area contributed by atoms with Gasteiger partial charge in [0.25, 0.3) is 5.56 Å². The van der Waals surface area contributed by atoms with Crippen LogP contribution < -0.4 is 11.2 Å². The van der Waals surface area contributed by atoms with E-state index in [0.29, 0.717) is 0 Å². The van der Waals surface area contributed by atoms with Crippen molar-refractivity contribution < 1.29 is 18.7 Å². The summed E-state index contributed by atoms with van der Waals surface area (Å²) < 4.78 is 25.9. The van der Waals surface area contributed by atoms with Gasteiger partial charge in [-0.2, -0.15) is 0 Å². The van der Waals surface area contributed by atoms with Crippen molar-refractivity contribution in [3.05, 3.63) is 33.1 Å². The number of rotatable bonds is 2. The highest BCUT2D eigenvalue weighted by Crippen LogP contribution is 2.36. The smallest absolute Gasteiger partial charge is 0.336 e. The average molecular weight is 314 g/mol. The fourth-order valence-corrected chi connectivity index (χ4v) is 2.25. The molecular weight excluding hydrogens is 295 g/mol. The number of carbonyl (C=O) groups excluding carboxylic acids is 1. The molecule has 0 radical (unpaired) electrons. The molecule has 0 saturated carbocycles. The first kappa shape index (κ1) is 16.4. The summed E-state index contributed by atoms with van der Waals surface area (Å²) in [4.78, 5) is 36.9. The quantitative estimate of drug-likeness (QED) is 0.814. The Balaban J connectivity index is 2.25. The summed E-state index contributed by atoms with van der Waals surface area (Å²) in [6.45, 7) is 6.60. The minimum atomic E-state index is -1.58.